The largest absolute Gasteiger partial charge is 0.494 e. The molecule has 0 aliphatic heterocycles. The summed E-state index contributed by atoms with van der Waals surface area (Å²) in [5.74, 6) is -0.859. The molecular formula is C16H22F2O. The van der Waals surface area contributed by atoms with E-state index >= 15 is 0 Å². The predicted molar refractivity (Wildman–Crippen MR) is 74.5 cm³/mol. The first-order valence-corrected chi connectivity index (χ1v) is 6.80. The van der Waals surface area contributed by atoms with Crippen molar-refractivity contribution in [3.63, 3.8) is 0 Å². The fourth-order valence-corrected chi connectivity index (χ4v) is 2.96. The number of hydrogen-bond donors (Lipinski definition) is 0. The van der Waals surface area contributed by atoms with E-state index in [1.807, 2.05) is 6.08 Å². The Labute approximate surface area is 114 Å². The maximum Gasteiger partial charge on any atom is 0.200 e. The van der Waals surface area contributed by atoms with Crippen molar-refractivity contribution >= 4 is 0 Å². The van der Waals surface area contributed by atoms with E-state index in [0.717, 1.165) is 32.1 Å². The van der Waals surface area contributed by atoms with Crippen LogP contribution in [-0.2, 0) is 0 Å². The van der Waals surface area contributed by atoms with Crippen molar-refractivity contribution in [2.45, 2.75) is 38.0 Å². The molecule has 0 radical (unpaired) electrons. The third kappa shape index (κ3) is 2.96. The molecule has 1 saturated carbocycles. The standard InChI is InChI=1S/C16H20F2O.H2/c1-3-4-11-5-7-12(8-6-11)13-9-10-14(19-2)16(18)15(13)17;/h3,9-12H,1,4-8H2,2H3;1H. The van der Waals surface area contributed by atoms with Crippen LogP contribution in [0.3, 0.4) is 0 Å². The van der Waals surface area contributed by atoms with Gasteiger partial charge in [0.15, 0.2) is 11.6 Å². The molecule has 106 valence electrons. The van der Waals surface area contributed by atoms with Gasteiger partial charge in [0.2, 0.25) is 5.82 Å². The van der Waals surface area contributed by atoms with Crippen molar-refractivity contribution in [2.24, 2.45) is 5.92 Å². The molecule has 3 heteroatoms. The minimum Gasteiger partial charge on any atom is -0.494 e. The number of ether oxygens (including phenoxy) is 1. The summed E-state index contributed by atoms with van der Waals surface area (Å²) in [5, 5.41) is 0. The predicted octanol–water partition coefficient (Wildman–Crippen LogP) is 5.07. The monoisotopic (exact) mass is 268 g/mol. The number of allylic oxidation sites excluding steroid dienone is 1. The van der Waals surface area contributed by atoms with E-state index in [1.54, 1.807) is 6.07 Å². The Balaban J connectivity index is 0.00000200. The average molecular weight is 268 g/mol. The second kappa shape index (κ2) is 6.18. The Bertz CT molecular complexity index is 454. The summed E-state index contributed by atoms with van der Waals surface area (Å²) >= 11 is 0. The molecule has 0 bridgehead atoms. The van der Waals surface area contributed by atoms with E-state index in [9.17, 15) is 8.78 Å². The summed E-state index contributed by atoms with van der Waals surface area (Å²) < 4.78 is 32.5. The fraction of sp³-hybridized carbons (Fsp3) is 0.500. The second-order valence-corrected chi connectivity index (χ2v) is 5.23. The molecule has 0 spiro atoms. The van der Waals surface area contributed by atoms with Gasteiger partial charge in [-0.15, -0.1) is 6.58 Å². The Morgan fingerprint density at radius 1 is 1.26 bits per heavy atom. The van der Waals surface area contributed by atoms with Crippen LogP contribution in [0.2, 0.25) is 0 Å². The van der Waals surface area contributed by atoms with Crippen molar-refractivity contribution in [2.75, 3.05) is 7.11 Å². The lowest BCUT2D eigenvalue weighted by Gasteiger charge is -2.28. The molecule has 0 aromatic heterocycles. The van der Waals surface area contributed by atoms with Crippen molar-refractivity contribution in [1.29, 1.82) is 0 Å². The SMILES string of the molecule is C=CCC1CCC(c2ccc(OC)c(F)c2F)CC1.[HH]. The third-order valence-electron chi connectivity index (χ3n) is 4.08. The van der Waals surface area contributed by atoms with Crippen molar-refractivity contribution in [1.82, 2.24) is 0 Å². The highest BCUT2D eigenvalue weighted by atomic mass is 19.2. The van der Waals surface area contributed by atoms with E-state index in [2.05, 4.69) is 6.58 Å². The molecule has 19 heavy (non-hydrogen) atoms. The molecule has 2 rings (SSSR count). The molecule has 1 aromatic carbocycles. The Morgan fingerprint density at radius 2 is 1.95 bits per heavy atom. The average Bonchev–Trinajstić information content (AvgIpc) is 2.43. The first kappa shape index (κ1) is 14.0. The molecule has 1 aliphatic rings. The van der Waals surface area contributed by atoms with Gasteiger partial charge < -0.3 is 4.74 Å². The molecule has 0 N–H and O–H groups in total. The lowest BCUT2D eigenvalue weighted by Crippen LogP contribution is -2.14. The van der Waals surface area contributed by atoms with Crippen LogP contribution in [-0.4, -0.2) is 7.11 Å². The van der Waals surface area contributed by atoms with Crippen LogP contribution < -0.4 is 4.74 Å². The molecule has 0 amide bonds. The summed E-state index contributed by atoms with van der Waals surface area (Å²) in [5.41, 5.74) is 0.496. The van der Waals surface area contributed by atoms with Crippen LogP contribution in [0.4, 0.5) is 8.78 Å². The third-order valence-corrected chi connectivity index (χ3v) is 4.08. The molecular weight excluding hydrogens is 246 g/mol. The molecule has 1 nitrogen and oxygen atoms in total. The van der Waals surface area contributed by atoms with Crippen LogP contribution in [0, 0.1) is 17.6 Å². The number of halogens is 2. The van der Waals surface area contributed by atoms with Crippen molar-refractivity contribution in [3.8, 4) is 5.75 Å². The molecule has 0 saturated heterocycles. The molecule has 1 aromatic rings. The fourth-order valence-electron chi connectivity index (χ4n) is 2.96. The second-order valence-electron chi connectivity index (χ2n) is 5.23. The normalized spacial score (nSPS) is 23.1. The first-order valence-electron chi connectivity index (χ1n) is 6.80. The van der Waals surface area contributed by atoms with Gasteiger partial charge in [-0.25, -0.2) is 4.39 Å². The van der Waals surface area contributed by atoms with Gasteiger partial charge >= 0.3 is 0 Å². The zero-order valence-electron chi connectivity index (χ0n) is 11.3. The highest BCUT2D eigenvalue weighted by Gasteiger charge is 2.25. The first-order chi connectivity index (χ1) is 9.17. The molecule has 0 atom stereocenters. The quantitative estimate of drug-likeness (QED) is 0.693. The van der Waals surface area contributed by atoms with E-state index in [-0.39, 0.29) is 13.1 Å². The van der Waals surface area contributed by atoms with Gasteiger partial charge in [-0.2, -0.15) is 4.39 Å². The van der Waals surface area contributed by atoms with E-state index in [0.29, 0.717) is 11.5 Å². The van der Waals surface area contributed by atoms with Crippen molar-refractivity contribution in [3.05, 3.63) is 42.0 Å². The molecule has 0 heterocycles. The van der Waals surface area contributed by atoms with Crippen LogP contribution in [0.1, 0.15) is 45.0 Å². The highest BCUT2D eigenvalue weighted by Crippen LogP contribution is 2.39. The lowest BCUT2D eigenvalue weighted by atomic mass is 9.77. The Hall–Kier alpha value is -1.38. The molecule has 0 unspecified atom stereocenters. The van der Waals surface area contributed by atoms with E-state index in [1.165, 1.54) is 13.2 Å². The van der Waals surface area contributed by atoms with Gasteiger partial charge in [0, 0.05) is 1.43 Å². The van der Waals surface area contributed by atoms with Crippen LogP contribution in [0.15, 0.2) is 24.8 Å². The summed E-state index contributed by atoms with van der Waals surface area (Å²) in [6, 6.07) is 3.18. The topological polar surface area (TPSA) is 9.23 Å². The van der Waals surface area contributed by atoms with Gasteiger partial charge in [-0.05, 0) is 55.6 Å². The van der Waals surface area contributed by atoms with Crippen LogP contribution in [0.25, 0.3) is 0 Å². The number of methoxy groups -OCH3 is 1. The highest BCUT2D eigenvalue weighted by molar-refractivity contribution is 5.33. The Morgan fingerprint density at radius 3 is 2.53 bits per heavy atom. The number of hydrogen-bond acceptors (Lipinski definition) is 1. The lowest BCUT2D eigenvalue weighted by molar-refractivity contribution is 0.318. The number of rotatable bonds is 4. The minimum absolute atomic E-state index is 0. The summed E-state index contributed by atoms with van der Waals surface area (Å²) in [7, 11) is 1.35. The molecule has 1 aliphatic carbocycles. The summed E-state index contributed by atoms with van der Waals surface area (Å²) in [4.78, 5) is 0. The van der Waals surface area contributed by atoms with Gasteiger partial charge in [-0.1, -0.05) is 12.1 Å². The van der Waals surface area contributed by atoms with Gasteiger partial charge in [0.1, 0.15) is 0 Å². The van der Waals surface area contributed by atoms with E-state index in [4.69, 9.17) is 4.74 Å². The van der Waals surface area contributed by atoms with Crippen LogP contribution in [0.5, 0.6) is 5.75 Å². The smallest absolute Gasteiger partial charge is 0.200 e. The van der Waals surface area contributed by atoms with Gasteiger partial charge in [0.05, 0.1) is 7.11 Å². The Kier molecular flexibility index (Phi) is 4.56. The zero-order chi connectivity index (χ0) is 13.8. The minimum atomic E-state index is -0.867. The maximum absolute atomic E-state index is 14.0. The maximum atomic E-state index is 14.0. The zero-order valence-corrected chi connectivity index (χ0v) is 11.3. The van der Waals surface area contributed by atoms with Gasteiger partial charge in [0.25, 0.3) is 0 Å². The van der Waals surface area contributed by atoms with Crippen LogP contribution >= 0.6 is 0 Å². The van der Waals surface area contributed by atoms with E-state index < -0.39 is 11.6 Å². The van der Waals surface area contributed by atoms with Crippen molar-refractivity contribution < 1.29 is 14.9 Å². The molecule has 1 fully saturated rings. The van der Waals surface area contributed by atoms with Gasteiger partial charge in [-0.3, -0.25) is 0 Å². The summed E-state index contributed by atoms with van der Waals surface area (Å²) in [6.45, 7) is 3.75. The summed E-state index contributed by atoms with van der Waals surface area (Å²) in [6.07, 6.45) is 6.92. The number of benzene rings is 1.